The number of hydrogen-bond acceptors (Lipinski definition) is 2. The molecule has 6 heteroatoms. The Morgan fingerprint density at radius 2 is 2.13 bits per heavy atom. The molecule has 0 amide bonds. The molecule has 1 saturated carbocycles. The number of aromatic nitrogens is 2. The summed E-state index contributed by atoms with van der Waals surface area (Å²) in [5.41, 5.74) is 5.23. The van der Waals surface area contributed by atoms with Crippen molar-refractivity contribution in [2.24, 2.45) is 5.73 Å². The first-order valence-corrected chi connectivity index (χ1v) is 4.82. The molecule has 2 rings (SSSR count). The molecule has 1 aromatic heterocycles. The molecule has 1 fully saturated rings. The summed E-state index contributed by atoms with van der Waals surface area (Å²) in [6.45, 7) is 1.66. The normalized spacial score (nSPS) is 19.3. The Morgan fingerprint density at radius 1 is 1.53 bits per heavy atom. The average molecular weight is 219 g/mol. The predicted molar refractivity (Wildman–Crippen MR) is 48.1 cm³/mol. The van der Waals surface area contributed by atoms with Gasteiger partial charge in [-0.25, -0.2) is 0 Å². The van der Waals surface area contributed by atoms with E-state index < -0.39 is 17.9 Å². The molecule has 84 valence electrons. The molecule has 15 heavy (non-hydrogen) atoms. The van der Waals surface area contributed by atoms with Crippen molar-refractivity contribution in [2.75, 3.05) is 0 Å². The first kappa shape index (κ1) is 10.5. The number of hydrogen-bond donors (Lipinski definition) is 1. The highest BCUT2D eigenvalue weighted by Crippen LogP contribution is 2.38. The Morgan fingerprint density at radius 3 is 2.53 bits per heavy atom. The summed E-state index contributed by atoms with van der Waals surface area (Å²) in [6, 6.07) is 0.736. The topological polar surface area (TPSA) is 43.8 Å². The Bertz CT molecular complexity index is 344. The maximum Gasteiger partial charge on any atom is 0.435 e. The smallest absolute Gasteiger partial charge is 0.323 e. The zero-order chi connectivity index (χ0) is 11.2. The van der Waals surface area contributed by atoms with E-state index in [2.05, 4.69) is 5.10 Å². The quantitative estimate of drug-likeness (QED) is 0.829. The highest BCUT2D eigenvalue weighted by atomic mass is 19.4. The lowest BCUT2D eigenvalue weighted by molar-refractivity contribution is -0.141. The molecule has 1 atom stereocenters. The van der Waals surface area contributed by atoms with Crippen LogP contribution < -0.4 is 5.73 Å². The fourth-order valence-electron chi connectivity index (χ4n) is 1.50. The molecule has 1 aliphatic carbocycles. The summed E-state index contributed by atoms with van der Waals surface area (Å²) < 4.78 is 38.7. The summed E-state index contributed by atoms with van der Waals surface area (Å²) in [5, 5.41) is 3.58. The molecule has 0 bridgehead atoms. The van der Waals surface area contributed by atoms with E-state index in [1.807, 2.05) is 0 Å². The second-order valence-corrected chi connectivity index (χ2v) is 3.92. The summed E-state index contributed by atoms with van der Waals surface area (Å²) >= 11 is 0. The number of alkyl halides is 3. The molecular weight excluding hydrogens is 207 g/mol. The molecule has 0 spiro atoms. The lowest BCUT2D eigenvalue weighted by Gasteiger charge is -2.07. The van der Waals surface area contributed by atoms with Gasteiger partial charge in [0.15, 0.2) is 5.69 Å². The van der Waals surface area contributed by atoms with Gasteiger partial charge in [0, 0.05) is 6.04 Å². The highest BCUT2D eigenvalue weighted by Gasteiger charge is 2.37. The predicted octanol–water partition coefficient (Wildman–Crippen LogP) is 2.26. The number of nitrogens with two attached hydrogens (primary N) is 1. The van der Waals surface area contributed by atoms with Gasteiger partial charge >= 0.3 is 6.18 Å². The first-order chi connectivity index (χ1) is 6.89. The van der Waals surface area contributed by atoms with Gasteiger partial charge in [0.25, 0.3) is 0 Å². The maximum absolute atomic E-state index is 12.4. The molecule has 0 aliphatic heterocycles. The van der Waals surface area contributed by atoms with E-state index in [1.54, 1.807) is 6.92 Å². The van der Waals surface area contributed by atoms with Crippen LogP contribution in [0.2, 0.25) is 0 Å². The van der Waals surface area contributed by atoms with Gasteiger partial charge in [0.05, 0.1) is 11.7 Å². The number of rotatable bonds is 2. The molecule has 2 N–H and O–H groups in total. The van der Waals surface area contributed by atoms with Gasteiger partial charge in [-0.3, -0.25) is 4.68 Å². The summed E-state index contributed by atoms with van der Waals surface area (Å²) in [5.74, 6) is 0. The van der Waals surface area contributed by atoms with Crippen molar-refractivity contribution in [3.05, 3.63) is 17.5 Å². The standard InChI is InChI=1S/C9H12F3N3/c1-5(13)7-4-8(9(10,11)12)14-15(7)6-2-3-6/h4-6H,2-3,13H2,1H3. The Balaban J connectivity index is 2.40. The van der Waals surface area contributed by atoms with Gasteiger partial charge in [-0.15, -0.1) is 0 Å². The Hall–Kier alpha value is -1.04. The van der Waals surface area contributed by atoms with Gasteiger partial charge in [-0.1, -0.05) is 0 Å². The summed E-state index contributed by atoms with van der Waals surface area (Å²) in [7, 11) is 0. The van der Waals surface area contributed by atoms with Crippen molar-refractivity contribution in [1.82, 2.24) is 9.78 Å². The van der Waals surface area contributed by atoms with Crippen LogP contribution >= 0.6 is 0 Å². The Kier molecular flexibility index (Phi) is 2.26. The van der Waals surface area contributed by atoms with Crippen LogP contribution in [0, 0.1) is 0 Å². The number of halogens is 3. The van der Waals surface area contributed by atoms with Crippen molar-refractivity contribution in [1.29, 1.82) is 0 Å². The molecule has 0 aromatic carbocycles. The third-order valence-electron chi connectivity index (χ3n) is 2.41. The molecule has 1 unspecified atom stereocenters. The molecule has 3 nitrogen and oxygen atoms in total. The van der Waals surface area contributed by atoms with Crippen molar-refractivity contribution in [3.8, 4) is 0 Å². The van der Waals surface area contributed by atoms with Crippen LogP contribution in [0.25, 0.3) is 0 Å². The lowest BCUT2D eigenvalue weighted by atomic mass is 10.2. The largest absolute Gasteiger partial charge is 0.435 e. The fraction of sp³-hybridized carbons (Fsp3) is 0.667. The van der Waals surface area contributed by atoms with Crippen molar-refractivity contribution in [2.45, 2.75) is 38.0 Å². The van der Waals surface area contributed by atoms with Crippen molar-refractivity contribution >= 4 is 0 Å². The summed E-state index contributed by atoms with van der Waals surface area (Å²) in [6.07, 6.45) is -2.61. The van der Waals surface area contributed by atoms with Gasteiger partial charge in [0.1, 0.15) is 0 Å². The van der Waals surface area contributed by atoms with Crippen LogP contribution in [0.1, 0.15) is 43.2 Å². The van der Waals surface area contributed by atoms with E-state index in [0.717, 1.165) is 18.9 Å². The SMILES string of the molecule is CC(N)c1cc(C(F)(F)F)nn1C1CC1. The van der Waals surface area contributed by atoms with Crippen LogP contribution in [0.15, 0.2) is 6.07 Å². The zero-order valence-electron chi connectivity index (χ0n) is 8.25. The van der Waals surface area contributed by atoms with Gasteiger partial charge in [-0.05, 0) is 25.8 Å². The molecule has 1 aromatic rings. The minimum atomic E-state index is -4.39. The van der Waals surface area contributed by atoms with Gasteiger partial charge in [-0.2, -0.15) is 18.3 Å². The van der Waals surface area contributed by atoms with Crippen LogP contribution in [0.3, 0.4) is 0 Å². The molecule has 0 saturated heterocycles. The lowest BCUT2D eigenvalue weighted by Crippen LogP contribution is -2.12. The van der Waals surface area contributed by atoms with E-state index in [-0.39, 0.29) is 6.04 Å². The van der Waals surface area contributed by atoms with E-state index in [0.29, 0.717) is 5.69 Å². The fourth-order valence-corrected chi connectivity index (χ4v) is 1.50. The van der Waals surface area contributed by atoms with Crippen molar-refractivity contribution < 1.29 is 13.2 Å². The molecule has 1 aliphatic rings. The minimum Gasteiger partial charge on any atom is -0.323 e. The monoisotopic (exact) mass is 219 g/mol. The third-order valence-corrected chi connectivity index (χ3v) is 2.41. The Labute approximate surface area is 85.1 Å². The second kappa shape index (κ2) is 3.23. The molecular formula is C9H12F3N3. The van der Waals surface area contributed by atoms with Crippen LogP contribution in [-0.2, 0) is 6.18 Å². The second-order valence-electron chi connectivity index (χ2n) is 3.92. The van der Waals surface area contributed by atoms with E-state index >= 15 is 0 Å². The van der Waals surface area contributed by atoms with E-state index in [1.165, 1.54) is 4.68 Å². The van der Waals surface area contributed by atoms with Crippen LogP contribution in [0.4, 0.5) is 13.2 Å². The van der Waals surface area contributed by atoms with E-state index in [9.17, 15) is 13.2 Å². The van der Waals surface area contributed by atoms with Gasteiger partial charge < -0.3 is 5.73 Å². The average Bonchev–Trinajstić information content (AvgIpc) is 2.81. The van der Waals surface area contributed by atoms with E-state index in [4.69, 9.17) is 5.73 Å². The zero-order valence-corrected chi connectivity index (χ0v) is 8.25. The first-order valence-electron chi connectivity index (χ1n) is 4.82. The molecule has 0 radical (unpaired) electrons. The minimum absolute atomic E-state index is 0.113. The highest BCUT2D eigenvalue weighted by molar-refractivity contribution is 5.17. The van der Waals surface area contributed by atoms with Crippen LogP contribution in [-0.4, -0.2) is 9.78 Å². The molecule has 1 heterocycles. The number of nitrogens with zero attached hydrogens (tertiary/aromatic N) is 2. The van der Waals surface area contributed by atoms with Gasteiger partial charge in [0.2, 0.25) is 0 Å². The van der Waals surface area contributed by atoms with Crippen LogP contribution in [0.5, 0.6) is 0 Å². The maximum atomic E-state index is 12.4. The third kappa shape index (κ3) is 1.99. The summed E-state index contributed by atoms with van der Waals surface area (Å²) in [4.78, 5) is 0. The van der Waals surface area contributed by atoms with Crippen molar-refractivity contribution in [3.63, 3.8) is 0 Å².